The number of aliphatic imine (C=N–C) groups is 1. The predicted molar refractivity (Wildman–Crippen MR) is 157 cm³/mol. The van der Waals surface area contributed by atoms with E-state index < -0.39 is 67.4 Å². The molecular weight excluding hydrogens is 596 g/mol. The number of nitrogens with one attached hydrogen (secondary N) is 2. The Labute approximate surface area is 260 Å². The molecule has 3 heterocycles. The Morgan fingerprint density at radius 3 is 2.58 bits per heavy atom. The summed E-state index contributed by atoms with van der Waals surface area (Å²) < 4.78 is 28.2. The van der Waals surface area contributed by atoms with Gasteiger partial charge in [0.15, 0.2) is 12.2 Å². The van der Waals surface area contributed by atoms with Gasteiger partial charge in [-0.1, -0.05) is 18.2 Å². The van der Waals surface area contributed by atoms with Crippen molar-refractivity contribution in [3.63, 3.8) is 0 Å². The summed E-state index contributed by atoms with van der Waals surface area (Å²) in [6.45, 7) is 5.40. The molecule has 0 aromatic heterocycles. The van der Waals surface area contributed by atoms with Crippen molar-refractivity contribution in [1.29, 1.82) is 0 Å². The minimum Gasteiger partial charge on any atom is -0.477 e. The van der Waals surface area contributed by atoms with Gasteiger partial charge >= 0.3 is 11.9 Å². The maximum atomic E-state index is 12.8. The molecule has 0 aromatic carbocycles. The van der Waals surface area contributed by atoms with E-state index >= 15 is 0 Å². The van der Waals surface area contributed by atoms with Crippen LogP contribution in [0, 0.1) is 11.8 Å². The lowest BCUT2D eigenvalue weighted by Gasteiger charge is -2.44. The lowest BCUT2D eigenvalue weighted by molar-refractivity contribution is -0.843. The van der Waals surface area contributed by atoms with Crippen LogP contribution in [0.1, 0.15) is 6.92 Å². The number of carbonyl (C=O) groups is 2. The van der Waals surface area contributed by atoms with Gasteiger partial charge in [-0.2, -0.15) is 0 Å². The van der Waals surface area contributed by atoms with Crippen LogP contribution in [-0.2, 0) is 33.3 Å². The third-order valence-electron chi connectivity index (χ3n) is 7.58. The number of carbonyl (C=O) groups excluding carboxylic acids is 1. The highest BCUT2D eigenvalue weighted by Crippen LogP contribution is 2.37. The number of allylic oxidation sites excluding steroid dienone is 1. The SMILES string of the molecule is C=C[C@H]1[C@H](O[C@@H]2O[C@H](CO)[C@@H](O)[C@H](O)[C@H]2OCC)OC=C(C(=O)OC)[C@H]1/C=C/C1=C(NC(N)=NC)C(C(=O)O)=C[NH+](CCO)C1. The van der Waals surface area contributed by atoms with Crippen LogP contribution in [0.2, 0.25) is 0 Å². The molecule has 1 fully saturated rings. The molecule has 16 heteroatoms. The van der Waals surface area contributed by atoms with Gasteiger partial charge < -0.3 is 65.2 Å². The van der Waals surface area contributed by atoms with Gasteiger partial charge in [-0.25, -0.2) is 9.59 Å². The Kier molecular flexibility index (Phi) is 13.3. The number of carboxylic acid groups (broad SMARTS) is 1. The molecule has 9 N–H and O–H groups in total. The number of aliphatic carboxylic acids is 1. The third-order valence-corrected chi connectivity index (χ3v) is 7.58. The Morgan fingerprint density at radius 1 is 1.27 bits per heavy atom. The van der Waals surface area contributed by atoms with E-state index in [-0.39, 0.29) is 49.1 Å². The number of guanidine groups is 1. The second kappa shape index (κ2) is 16.6. The van der Waals surface area contributed by atoms with E-state index in [4.69, 9.17) is 29.4 Å². The molecule has 0 bridgehead atoms. The zero-order valence-corrected chi connectivity index (χ0v) is 25.4. The molecule has 0 aromatic rings. The van der Waals surface area contributed by atoms with Crippen molar-refractivity contribution in [1.82, 2.24) is 5.32 Å². The molecule has 16 nitrogen and oxygen atoms in total. The molecule has 0 spiro atoms. The van der Waals surface area contributed by atoms with E-state index in [2.05, 4.69) is 16.9 Å². The molecule has 0 amide bonds. The number of methoxy groups -OCH3 is 1. The number of carboxylic acids is 1. The Hall–Kier alpha value is -3.61. The van der Waals surface area contributed by atoms with Crippen LogP contribution in [0.4, 0.5) is 0 Å². The number of quaternary nitrogens is 1. The van der Waals surface area contributed by atoms with Gasteiger partial charge in [-0.15, -0.1) is 6.58 Å². The maximum absolute atomic E-state index is 12.8. The van der Waals surface area contributed by atoms with Gasteiger partial charge in [0.1, 0.15) is 49.3 Å². The number of nitrogens with two attached hydrogens (primary N) is 1. The van der Waals surface area contributed by atoms with E-state index in [9.17, 15) is 35.1 Å². The average molecular weight is 640 g/mol. The normalized spacial score (nSPS) is 32.4. The highest BCUT2D eigenvalue weighted by Gasteiger charge is 2.48. The van der Waals surface area contributed by atoms with Gasteiger partial charge in [0, 0.05) is 25.1 Å². The lowest BCUT2D eigenvalue weighted by atomic mass is 9.83. The summed E-state index contributed by atoms with van der Waals surface area (Å²) in [5, 5.41) is 53.0. The quantitative estimate of drug-likeness (QED) is 0.0431. The highest BCUT2D eigenvalue weighted by molar-refractivity contribution is 5.94. The van der Waals surface area contributed by atoms with Crippen LogP contribution in [-0.4, -0.2) is 127 Å². The summed E-state index contributed by atoms with van der Waals surface area (Å²) in [4.78, 5) is 29.5. The van der Waals surface area contributed by atoms with E-state index in [0.717, 1.165) is 0 Å². The molecule has 1 unspecified atom stereocenters. The minimum atomic E-state index is -1.45. The summed E-state index contributed by atoms with van der Waals surface area (Å²) >= 11 is 0. The molecule has 45 heavy (non-hydrogen) atoms. The number of aliphatic hydroxyl groups is 4. The zero-order valence-electron chi connectivity index (χ0n) is 25.4. The van der Waals surface area contributed by atoms with Crippen LogP contribution in [0.25, 0.3) is 0 Å². The summed E-state index contributed by atoms with van der Waals surface area (Å²) in [5.41, 5.74) is 6.56. The number of hydrogen-bond donors (Lipinski definition) is 8. The van der Waals surface area contributed by atoms with Crippen molar-refractivity contribution in [2.75, 3.05) is 47.1 Å². The second-order valence-electron chi connectivity index (χ2n) is 10.3. The first kappa shape index (κ1) is 35.9. The van der Waals surface area contributed by atoms with Crippen molar-refractivity contribution in [2.45, 2.75) is 43.9 Å². The Balaban J connectivity index is 2.04. The molecule has 1 saturated heterocycles. The number of ether oxygens (including phenoxy) is 5. The predicted octanol–water partition coefficient (Wildman–Crippen LogP) is -3.12. The largest absolute Gasteiger partial charge is 0.477 e. The van der Waals surface area contributed by atoms with Gasteiger partial charge in [0.2, 0.25) is 6.29 Å². The molecule has 3 rings (SSSR count). The monoisotopic (exact) mass is 639 g/mol. The van der Waals surface area contributed by atoms with Gasteiger partial charge in [0.05, 0.1) is 43.8 Å². The molecule has 3 aliphatic rings. The number of hydrogen-bond acceptors (Lipinski definition) is 12. The molecule has 0 aliphatic carbocycles. The molecular formula is C29H43N4O12+. The fourth-order valence-electron chi connectivity index (χ4n) is 5.27. The lowest BCUT2D eigenvalue weighted by Crippen LogP contribution is -3.09. The topological polar surface area (TPSA) is 236 Å². The molecule has 0 saturated carbocycles. The van der Waals surface area contributed by atoms with Crippen LogP contribution in [0.5, 0.6) is 0 Å². The first-order valence-electron chi connectivity index (χ1n) is 14.3. The van der Waals surface area contributed by atoms with Gasteiger partial charge in [-0.3, -0.25) is 4.99 Å². The van der Waals surface area contributed by atoms with E-state index in [0.29, 0.717) is 10.5 Å². The number of rotatable bonds is 13. The van der Waals surface area contributed by atoms with Crippen molar-refractivity contribution < 1.29 is 63.7 Å². The zero-order chi connectivity index (χ0) is 33.3. The average Bonchev–Trinajstić information content (AvgIpc) is 3.03. The number of esters is 1. The van der Waals surface area contributed by atoms with E-state index in [1.807, 2.05) is 0 Å². The van der Waals surface area contributed by atoms with Crippen molar-refractivity contribution in [2.24, 2.45) is 22.6 Å². The summed E-state index contributed by atoms with van der Waals surface area (Å²) in [7, 11) is 2.64. The Morgan fingerprint density at radius 2 is 2.00 bits per heavy atom. The smallest absolute Gasteiger partial charge is 0.343 e. The first-order chi connectivity index (χ1) is 21.5. The van der Waals surface area contributed by atoms with Gasteiger partial charge in [-0.05, 0) is 6.92 Å². The number of aliphatic hydroxyl groups excluding tert-OH is 4. The second-order valence-corrected chi connectivity index (χ2v) is 10.3. The van der Waals surface area contributed by atoms with E-state index in [1.165, 1.54) is 32.7 Å². The maximum Gasteiger partial charge on any atom is 0.343 e. The highest BCUT2D eigenvalue weighted by atomic mass is 16.8. The molecule has 3 aliphatic heterocycles. The van der Waals surface area contributed by atoms with Crippen molar-refractivity contribution in [3.05, 3.63) is 59.7 Å². The van der Waals surface area contributed by atoms with E-state index in [1.54, 1.807) is 19.1 Å². The number of nitrogens with zero attached hydrogens (tertiary/aromatic N) is 1. The minimum absolute atomic E-state index is 0.0304. The summed E-state index contributed by atoms with van der Waals surface area (Å²) in [5.74, 6) is -3.53. The van der Waals surface area contributed by atoms with Crippen molar-refractivity contribution in [3.8, 4) is 0 Å². The van der Waals surface area contributed by atoms with Crippen LogP contribution in [0.3, 0.4) is 0 Å². The first-order valence-corrected chi connectivity index (χ1v) is 14.3. The van der Waals surface area contributed by atoms with Crippen LogP contribution >= 0.6 is 0 Å². The standard InChI is InChI=1S/C29H42N4O12/c1-5-16-17(8-7-15-11-33(9-10-34)12-18(25(38)39)21(15)32-29(30)31-3)19(26(40)41-4)14-43-27(16)45-28-24(42-6-2)23(37)22(36)20(13-35)44-28/h5,7-8,12,14,16-17,20,22-24,27-28,34-37H,1,6,9-11,13H2,2-4H3,(H,38,39)(H3,30,31,32)/p+1/b8-7+/t16-,17+,20-,22-,23+,24-,27+,28+/m1/s1. The van der Waals surface area contributed by atoms with Gasteiger partial charge in [0.25, 0.3) is 0 Å². The molecule has 9 atom stereocenters. The third kappa shape index (κ3) is 8.36. The fraction of sp³-hybridized carbons (Fsp3) is 0.552. The molecule has 250 valence electrons. The summed E-state index contributed by atoms with van der Waals surface area (Å²) in [6, 6.07) is 0. The summed E-state index contributed by atoms with van der Waals surface area (Å²) in [6.07, 6.45) is -0.266. The van der Waals surface area contributed by atoms with Crippen molar-refractivity contribution >= 4 is 17.9 Å². The fourth-order valence-corrected chi connectivity index (χ4v) is 5.27. The Bertz CT molecular complexity index is 1230. The van der Waals surface area contributed by atoms with Crippen LogP contribution in [0.15, 0.2) is 64.7 Å². The van der Waals surface area contributed by atoms with Crippen LogP contribution < -0.4 is 16.0 Å². The molecule has 0 radical (unpaired) electrons.